The van der Waals surface area contributed by atoms with Crippen LogP contribution >= 0.6 is 11.3 Å². The number of carbonyl (C=O) groups excluding carboxylic acids is 2. The molecule has 0 spiro atoms. The molecule has 1 amide bonds. The Balaban J connectivity index is 2.87. The number of amides is 1. The quantitative estimate of drug-likeness (QED) is 0.772. The predicted octanol–water partition coefficient (Wildman–Crippen LogP) is 0.755. The van der Waals surface area contributed by atoms with E-state index in [2.05, 4.69) is 10.1 Å². The van der Waals surface area contributed by atoms with Crippen LogP contribution in [0.3, 0.4) is 0 Å². The zero-order valence-electron chi connectivity index (χ0n) is 10.5. The second kappa shape index (κ2) is 6.48. The number of carbonyl (C=O) groups is 2. The molecule has 18 heavy (non-hydrogen) atoms. The molecule has 1 aromatic rings. The summed E-state index contributed by atoms with van der Waals surface area (Å²) in [7, 11) is 2.75. The van der Waals surface area contributed by atoms with Gasteiger partial charge in [0.15, 0.2) is 0 Å². The summed E-state index contributed by atoms with van der Waals surface area (Å²) in [5.41, 5.74) is 6.84. The number of anilines is 1. The van der Waals surface area contributed by atoms with Gasteiger partial charge in [-0.2, -0.15) is 0 Å². The van der Waals surface area contributed by atoms with Crippen LogP contribution in [-0.2, 0) is 14.3 Å². The maximum absolute atomic E-state index is 11.8. The van der Waals surface area contributed by atoms with Crippen molar-refractivity contribution in [2.75, 3.05) is 26.1 Å². The first-order valence-electron chi connectivity index (χ1n) is 5.23. The Labute approximate surface area is 109 Å². The maximum atomic E-state index is 11.8. The van der Waals surface area contributed by atoms with Crippen LogP contribution in [-0.4, -0.2) is 38.7 Å². The fourth-order valence-corrected chi connectivity index (χ4v) is 2.24. The first kappa shape index (κ1) is 14.6. The van der Waals surface area contributed by atoms with Gasteiger partial charge in [-0.25, -0.2) is 4.79 Å². The van der Waals surface area contributed by atoms with Crippen LogP contribution in [0.2, 0.25) is 0 Å². The van der Waals surface area contributed by atoms with Crippen molar-refractivity contribution in [1.82, 2.24) is 0 Å². The molecule has 0 saturated heterocycles. The molecule has 7 heteroatoms. The number of nitrogens with two attached hydrogens (primary N) is 1. The van der Waals surface area contributed by atoms with Crippen LogP contribution in [0.4, 0.5) is 5.69 Å². The van der Waals surface area contributed by atoms with E-state index in [9.17, 15) is 9.59 Å². The van der Waals surface area contributed by atoms with Crippen LogP contribution in [0.1, 0.15) is 15.2 Å². The predicted molar refractivity (Wildman–Crippen MR) is 68.9 cm³/mol. The third-order valence-electron chi connectivity index (χ3n) is 2.28. The molecular weight excluding hydrogens is 256 g/mol. The first-order valence-corrected chi connectivity index (χ1v) is 6.11. The highest BCUT2D eigenvalue weighted by atomic mass is 32.1. The van der Waals surface area contributed by atoms with Gasteiger partial charge in [-0.05, 0) is 17.9 Å². The van der Waals surface area contributed by atoms with Crippen molar-refractivity contribution in [3.05, 3.63) is 15.8 Å². The van der Waals surface area contributed by atoms with Crippen LogP contribution in [0.25, 0.3) is 0 Å². The molecule has 6 nitrogen and oxygen atoms in total. The van der Waals surface area contributed by atoms with Crippen molar-refractivity contribution >= 4 is 28.9 Å². The van der Waals surface area contributed by atoms with E-state index in [0.717, 1.165) is 5.56 Å². The summed E-state index contributed by atoms with van der Waals surface area (Å²) in [5, 5.41) is 4.39. The Morgan fingerprint density at radius 2 is 2.17 bits per heavy atom. The van der Waals surface area contributed by atoms with Crippen LogP contribution < -0.4 is 11.1 Å². The summed E-state index contributed by atoms with van der Waals surface area (Å²) < 4.78 is 9.44. The van der Waals surface area contributed by atoms with Gasteiger partial charge in [-0.1, -0.05) is 0 Å². The molecule has 1 rings (SSSR count). The number of ether oxygens (including phenoxy) is 2. The molecule has 1 atom stereocenters. The van der Waals surface area contributed by atoms with Gasteiger partial charge in [0.2, 0.25) is 5.91 Å². The van der Waals surface area contributed by atoms with Gasteiger partial charge in [0, 0.05) is 7.11 Å². The number of hydrogen-bond acceptors (Lipinski definition) is 6. The van der Waals surface area contributed by atoms with Gasteiger partial charge in [0.05, 0.1) is 19.4 Å². The molecule has 0 fully saturated rings. The molecule has 0 radical (unpaired) electrons. The highest BCUT2D eigenvalue weighted by molar-refractivity contribution is 7.12. The third-order valence-corrected chi connectivity index (χ3v) is 3.35. The minimum atomic E-state index is -0.778. The molecule has 0 aliphatic heterocycles. The van der Waals surface area contributed by atoms with Crippen molar-refractivity contribution in [2.24, 2.45) is 5.73 Å². The van der Waals surface area contributed by atoms with Gasteiger partial charge in [-0.15, -0.1) is 11.3 Å². The lowest BCUT2D eigenvalue weighted by Gasteiger charge is -2.12. The van der Waals surface area contributed by atoms with Crippen molar-refractivity contribution in [1.29, 1.82) is 0 Å². The molecule has 0 aliphatic rings. The van der Waals surface area contributed by atoms with Crippen LogP contribution in [0, 0.1) is 6.92 Å². The average Bonchev–Trinajstić information content (AvgIpc) is 2.70. The standard InChI is InChI=1S/C11H16N2O4S/c1-6-5-18-9(11(15)17-3)8(6)13-10(14)7(12)4-16-2/h5,7H,4,12H2,1-3H3,(H,13,14). The van der Waals surface area contributed by atoms with Gasteiger partial charge in [-0.3, -0.25) is 4.79 Å². The molecule has 1 aromatic heterocycles. The Morgan fingerprint density at radius 1 is 1.50 bits per heavy atom. The number of aryl methyl sites for hydroxylation is 1. The van der Waals surface area contributed by atoms with Gasteiger partial charge in [0.25, 0.3) is 0 Å². The van der Waals surface area contributed by atoms with Crippen molar-refractivity contribution < 1.29 is 19.1 Å². The molecule has 1 unspecified atom stereocenters. The second-order valence-corrected chi connectivity index (χ2v) is 4.55. The van der Waals surface area contributed by atoms with Crippen molar-refractivity contribution in [3.63, 3.8) is 0 Å². The lowest BCUT2D eigenvalue weighted by Crippen LogP contribution is -2.39. The number of hydrogen-bond donors (Lipinski definition) is 2. The number of rotatable bonds is 5. The Morgan fingerprint density at radius 3 is 2.72 bits per heavy atom. The van der Waals surface area contributed by atoms with E-state index >= 15 is 0 Å². The lowest BCUT2D eigenvalue weighted by molar-refractivity contribution is -0.118. The van der Waals surface area contributed by atoms with Crippen LogP contribution in [0.15, 0.2) is 5.38 Å². The molecule has 0 bridgehead atoms. The van der Waals surface area contributed by atoms with E-state index < -0.39 is 17.9 Å². The van der Waals surface area contributed by atoms with E-state index in [4.69, 9.17) is 10.5 Å². The summed E-state index contributed by atoms with van der Waals surface area (Å²) in [6.07, 6.45) is 0. The third kappa shape index (κ3) is 3.28. The van der Waals surface area contributed by atoms with Crippen molar-refractivity contribution in [2.45, 2.75) is 13.0 Å². The van der Waals surface area contributed by atoms with Crippen molar-refractivity contribution in [3.8, 4) is 0 Å². The number of nitrogens with one attached hydrogen (secondary N) is 1. The summed E-state index contributed by atoms with van der Waals surface area (Å²) in [6.45, 7) is 1.91. The molecule has 0 aliphatic carbocycles. The number of esters is 1. The Hall–Kier alpha value is -1.44. The van der Waals surface area contributed by atoms with Gasteiger partial charge in [0.1, 0.15) is 10.9 Å². The Bertz CT molecular complexity index is 444. The normalized spacial score (nSPS) is 12.0. The average molecular weight is 272 g/mol. The zero-order valence-corrected chi connectivity index (χ0v) is 11.3. The molecule has 0 aromatic carbocycles. The largest absolute Gasteiger partial charge is 0.465 e. The Kier molecular flexibility index (Phi) is 5.26. The smallest absolute Gasteiger partial charge is 0.350 e. The number of methoxy groups -OCH3 is 2. The summed E-state index contributed by atoms with van der Waals surface area (Å²) in [6, 6.07) is -0.778. The molecular formula is C11H16N2O4S. The minimum absolute atomic E-state index is 0.114. The monoisotopic (exact) mass is 272 g/mol. The topological polar surface area (TPSA) is 90.6 Å². The number of thiophene rings is 1. The van der Waals surface area contributed by atoms with E-state index in [-0.39, 0.29) is 6.61 Å². The molecule has 1 heterocycles. The van der Waals surface area contributed by atoms with E-state index in [0.29, 0.717) is 10.6 Å². The van der Waals surface area contributed by atoms with E-state index in [1.54, 1.807) is 12.3 Å². The highest BCUT2D eigenvalue weighted by Crippen LogP contribution is 2.28. The van der Waals surface area contributed by atoms with E-state index in [1.807, 2.05) is 0 Å². The van der Waals surface area contributed by atoms with Gasteiger partial charge < -0.3 is 20.5 Å². The van der Waals surface area contributed by atoms with E-state index in [1.165, 1.54) is 25.6 Å². The zero-order chi connectivity index (χ0) is 13.7. The summed E-state index contributed by atoms with van der Waals surface area (Å²) in [4.78, 5) is 23.6. The maximum Gasteiger partial charge on any atom is 0.350 e. The fraction of sp³-hybridized carbons (Fsp3) is 0.455. The molecule has 0 saturated carbocycles. The van der Waals surface area contributed by atoms with Gasteiger partial charge >= 0.3 is 5.97 Å². The second-order valence-electron chi connectivity index (χ2n) is 3.67. The minimum Gasteiger partial charge on any atom is -0.465 e. The summed E-state index contributed by atoms with van der Waals surface area (Å²) >= 11 is 1.21. The fourth-order valence-electron chi connectivity index (χ4n) is 1.31. The summed E-state index contributed by atoms with van der Waals surface area (Å²) in [5.74, 6) is -0.882. The highest BCUT2D eigenvalue weighted by Gasteiger charge is 2.21. The molecule has 100 valence electrons. The lowest BCUT2D eigenvalue weighted by atomic mass is 10.2. The first-order chi connectivity index (χ1) is 8.51. The van der Waals surface area contributed by atoms with Crippen LogP contribution in [0.5, 0.6) is 0 Å². The molecule has 3 N–H and O–H groups in total. The SMILES string of the molecule is COCC(N)C(=O)Nc1c(C)csc1C(=O)OC.